The number of hydrogen-bond acceptors (Lipinski definition) is 4. The van der Waals surface area contributed by atoms with Gasteiger partial charge in [-0.15, -0.1) is 0 Å². The molecule has 94 valence electrons. The minimum Gasteiger partial charge on any atom is -0.478 e. The van der Waals surface area contributed by atoms with Crippen LogP contribution >= 0.6 is 0 Å². The van der Waals surface area contributed by atoms with E-state index in [4.69, 9.17) is 9.52 Å². The highest BCUT2D eigenvalue weighted by Gasteiger charge is 2.14. The van der Waals surface area contributed by atoms with Gasteiger partial charge in [0.25, 0.3) is 0 Å². The fourth-order valence-electron chi connectivity index (χ4n) is 1.66. The molecule has 2 N–H and O–H groups in total. The molecule has 5 heteroatoms. The number of carbonyl (C=O) groups is 1. The summed E-state index contributed by atoms with van der Waals surface area (Å²) in [6.45, 7) is 2.35. The van der Waals surface area contributed by atoms with Crippen LogP contribution in [0, 0.1) is 0 Å². The summed E-state index contributed by atoms with van der Waals surface area (Å²) in [4.78, 5) is 14.9. The fourth-order valence-corrected chi connectivity index (χ4v) is 1.66. The highest BCUT2D eigenvalue weighted by molar-refractivity contribution is 5.88. The van der Waals surface area contributed by atoms with Gasteiger partial charge in [0.1, 0.15) is 11.3 Å². The van der Waals surface area contributed by atoms with E-state index in [0.29, 0.717) is 12.3 Å². The lowest BCUT2D eigenvalue weighted by molar-refractivity contribution is 0.0694. The molecule has 0 amide bonds. The van der Waals surface area contributed by atoms with E-state index in [0.717, 1.165) is 5.56 Å². The van der Waals surface area contributed by atoms with Crippen LogP contribution in [0.5, 0.6) is 0 Å². The Hall–Kier alpha value is -2.14. The van der Waals surface area contributed by atoms with Crippen LogP contribution in [0.3, 0.4) is 0 Å². The van der Waals surface area contributed by atoms with E-state index in [1.54, 1.807) is 12.4 Å². The van der Waals surface area contributed by atoms with Crippen LogP contribution in [0.25, 0.3) is 0 Å². The van der Waals surface area contributed by atoms with Crippen LogP contribution < -0.4 is 5.32 Å². The maximum absolute atomic E-state index is 10.9. The summed E-state index contributed by atoms with van der Waals surface area (Å²) in [6, 6.07) is 5.35. The number of nitrogens with one attached hydrogen (secondary N) is 1. The van der Waals surface area contributed by atoms with Gasteiger partial charge in [0.15, 0.2) is 0 Å². The number of aromatic nitrogens is 1. The van der Waals surface area contributed by atoms with E-state index in [1.165, 1.54) is 12.3 Å². The van der Waals surface area contributed by atoms with Crippen molar-refractivity contribution in [1.29, 1.82) is 0 Å². The predicted molar refractivity (Wildman–Crippen MR) is 65.2 cm³/mol. The van der Waals surface area contributed by atoms with Gasteiger partial charge in [0.05, 0.1) is 12.8 Å². The van der Waals surface area contributed by atoms with Crippen LogP contribution in [0.15, 0.2) is 41.3 Å². The predicted octanol–water partition coefficient (Wildman–Crippen LogP) is 2.22. The van der Waals surface area contributed by atoms with Crippen molar-refractivity contribution in [2.24, 2.45) is 0 Å². The van der Waals surface area contributed by atoms with Crippen LogP contribution in [0.2, 0.25) is 0 Å². The van der Waals surface area contributed by atoms with Crippen molar-refractivity contribution in [3.8, 4) is 0 Å². The summed E-state index contributed by atoms with van der Waals surface area (Å²) in [5.41, 5.74) is 1.24. The molecule has 0 aromatic carbocycles. The average Bonchev–Trinajstić information content (AvgIpc) is 2.85. The normalized spacial score (nSPS) is 12.3. The second-order valence-corrected chi connectivity index (χ2v) is 3.95. The maximum atomic E-state index is 10.9. The Kier molecular flexibility index (Phi) is 3.74. The molecule has 0 aliphatic rings. The first-order chi connectivity index (χ1) is 8.68. The second-order valence-electron chi connectivity index (χ2n) is 3.95. The minimum atomic E-state index is -0.977. The molecule has 2 aromatic heterocycles. The van der Waals surface area contributed by atoms with Crippen molar-refractivity contribution in [2.75, 3.05) is 0 Å². The number of rotatable bonds is 5. The van der Waals surface area contributed by atoms with Crippen molar-refractivity contribution in [3.05, 3.63) is 53.7 Å². The van der Waals surface area contributed by atoms with E-state index in [9.17, 15) is 4.79 Å². The molecule has 0 fully saturated rings. The number of carboxylic acids is 1. The molecule has 0 aliphatic heterocycles. The summed E-state index contributed by atoms with van der Waals surface area (Å²) in [7, 11) is 0. The second kappa shape index (κ2) is 5.46. The fraction of sp³-hybridized carbons (Fsp3) is 0.231. The zero-order valence-electron chi connectivity index (χ0n) is 9.96. The number of pyridine rings is 1. The highest BCUT2D eigenvalue weighted by Crippen LogP contribution is 2.14. The molecular formula is C13H14N2O3. The smallest absolute Gasteiger partial charge is 0.339 e. The zero-order valence-corrected chi connectivity index (χ0v) is 9.96. The molecule has 0 aliphatic carbocycles. The van der Waals surface area contributed by atoms with Gasteiger partial charge in [-0.3, -0.25) is 4.98 Å². The Labute approximate surface area is 104 Å². The van der Waals surface area contributed by atoms with Crippen molar-refractivity contribution in [2.45, 2.75) is 19.5 Å². The summed E-state index contributed by atoms with van der Waals surface area (Å²) < 4.78 is 5.15. The van der Waals surface area contributed by atoms with E-state index in [1.807, 2.05) is 19.1 Å². The number of hydrogen-bond donors (Lipinski definition) is 2. The first-order valence-electron chi connectivity index (χ1n) is 5.61. The Morgan fingerprint density at radius 2 is 2.39 bits per heavy atom. The summed E-state index contributed by atoms with van der Waals surface area (Å²) in [5.74, 6) is -0.548. The Morgan fingerprint density at radius 1 is 1.56 bits per heavy atom. The lowest BCUT2D eigenvalue weighted by atomic mass is 10.1. The molecular weight excluding hydrogens is 232 g/mol. The average molecular weight is 246 g/mol. The monoisotopic (exact) mass is 246 g/mol. The van der Waals surface area contributed by atoms with Crippen LogP contribution in [-0.2, 0) is 6.54 Å². The molecule has 2 aromatic rings. The molecule has 0 saturated carbocycles. The summed E-state index contributed by atoms with van der Waals surface area (Å²) in [6.07, 6.45) is 4.87. The molecule has 0 radical (unpaired) electrons. The van der Waals surface area contributed by atoms with Crippen molar-refractivity contribution in [3.63, 3.8) is 0 Å². The summed E-state index contributed by atoms with van der Waals surface area (Å²) >= 11 is 0. The van der Waals surface area contributed by atoms with E-state index in [2.05, 4.69) is 10.3 Å². The van der Waals surface area contributed by atoms with E-state index < -0.39 is 5.97 Å². The Balaban J connectivity index is 1.99. The van der Waals surface area contributed by atoms with Gasteiger partial charge in [0.2, 0.25) is 0 Å². The van der Waals surface area contributed by atoms with E-state index >= 15 is 0 Å². The molecule has 2 rings (SSSR count). The molecule has 1 atom stereocenters. The van der Waals surface area contributed by atoms with Gasteiger partial charge in [-0.25, -0.2) is 4.79 Å². The number of carboxylic acid groups (broad SMARTS) is 1. The van der Waals surface area contributed by atoms with Crippen molar-refractivity contribution >= 4 is 5.97 Å². The Bertz CT molecular complexity index is 522. The van der Waals surface area contributed by atoms with Gasteiger partial charge in [-0.2, -0.15) is 0 Å². The van der Waals surface area contributed by atoms with Crippen LogP contribution in [-0.4, -0.2) is 16.1 Å². The third-order valence-corrected chi connectivity index (χ3v) is 2.73. The molecule has 0 spiro atoms. The standard InChI is InChI=1S/C13H14N2O3/c1-9(10-3-2-5-14-7-10)15-8-12-11(13(16)17)4-6-18-12/h2-7,9,15H,8H2,1H3,(H,16,17)/t9-/m1/s1. The number of aromatic carboxylic acids is 1. The first kappa shape index (κ1) is 12.3. The molecule has 0 bridgehead atoms. The third-order valence-electron chi connectivity index (χ3n) is 2.73. The SMILES string of the molecule is C[C@@H](NCc1occc1C(=O)O)c1cccnc1. The summed E-state index contributed by atoms with van der Waals surface area (Å²) in [5, 5.41) is 12.1. The van der Waals surface area contributed by atoms with Crippen LogP contribution in [0.1, 0.15) is 34.6 Å². The van der Waals surface area contributed by atoms with E-state index in [-0.39, 0.29) is 11.6 Å². The number of furan rings is 1. The topological polar surface area (TPSA) is 75.4 Å². The maximum Gasteiger partial charge on any atom is 0.339 e. The van der Waals surface area contributed by atoms with Crippen LogP contribution in [0.4, 0.5) is 0 Å². The molecule has 18 heavy (non-hydrogen) atoms. The molecule has 5 nitrogen and oxygen atoms in total. The lowest BCUT2D eigenvalue weighted by Crippen LogP contribution is -2.19. The van der Waals surface area contributed by atoms with Gasteiger partial charge in [-0.05, 0) is 24.6 Å². The van der Waals surface area contributed by atoms with Gasteiger partial charge in [0, 0.05) is 18.4 Å². The Morgan fingerprint density at radius 3 is 3.06 bits per heavy atom. The molecule has 0 saturated heterocycles. The van der Waals surface area contributed by atoms with Gasteiger partial charge in [-0.1, -0.05) is 6.07 Å². The lowest BCUT2D eigenvalue weighted by Gasteiger charge is -2.12. The zero-order chi connectivity index (χ0) is 13.0. The number of nitrogens with zero attached hydrogens (tertiary/aromatic N) is 1. The van der Waals surface area contributed by atoms with Crippen molar-refractivity contribution < 1.29 is 14.3 Å². The quantitative estimate of drug-likeness (QED) is 0.846. The van der Waals surface area contributed by atoms with Gasteiger partial charge < -0.3 is 14.8 Å². The third kappa shape index (κ3) is 2.75. The van der Waals surface area contributed by atoms with Crippen molar-refractivity contribution in [1.82, 2.24) is 10.3 Å². The molecule has 0 unspecified atom stereocenters. The highest BCUT2D eigenvalue weighted by atomic mass is 16.4. The van der Waals surface area contributed by atoms with Gasteiger partial charge >= 0.3 is 5.97 Å². The minimum absolute atomic E-state index is 0.0745. The first-order valence-corrected chi connectivity index (χ1v) is 5.61. The largest absolute Gasteiger partial charge is 0.478 e. The molecule has 2 heterocycles.